The van der Waals surface area contributed by atoms with Crippen molar-refractivity contribution >= 4 is 16.1 Å². The Morgan fingerprint density at radius 2 is 1.94 bits per heavy atom. The number of likely N-dealkylation sites (N-methyl/N-ethyl adjacent to an activating group) is 1. The lowest BCUT2D eigenvalue weighted by molar-refractivity contribution is 0.276. The summed E-state index contributed by atoms with van der Waals surface area (Å²) in [7, 11) is -1.68. The highest BCUT2D eigenvalue weighted by Gasteiger charge is 2.28. The van der Waals surface area contributed by atoms with Crippen LogP contribution in [-0.4, -0.2) is 38.9 Å². The normalized spacial score (nSPS) is 17.5. The van der Waals surface area contributed by atoms with E-state index in [9.17, 15) is 8.42 Å². The van der Waals surface area contributed by atoms with E-state index in [2.05, 4.69) is 5.32 Å². The highest BCUT2D eigenvalue weighted by molar-refractivity contribution is 7.92. The van der Waals surface area contributed by atoms with Gasteiger partial charge < -0.3 is 5.32 Å². The third-order valence-electron chi connectivity index (χ3n) is 2.91. The van der Waals surface area contributed by atoms with Gasteiger partial charge in [-0.1, -0.05) is 30.3 Å². The maximum atomic E-state index is 11.9. The van der Waals surface area contributed by atoms with E-state index in [4.69, 9.17) is 0 Å². The summed E-state index contributed by atoms with van der Waals surface area (Å²) in [5.74, 6) is 0. The summed E-state index contributed by atoms with van der Waals surface area (Å²) in [6.07, 6.45) is 1.62. The van der Waals surface area contributed by atoms with Crippen LogP contribution in [0.1, 0.15) is 5.56 Å². The largest absolute Gasteiger partial charge is 0.313 e. The van der Waals surface area contributed by atoms with Gasteiger partial charge in [0.2, 0.25) is 10.0 Å². The van der Waals surface area contributed by atoms with Gasteiger partial charge in [-0.25, -0.2) is 8.42 Å². The molecule has 5 heteroatoms. The summed E-state index contributed by atoms with van der Waals surface area (Å²) in [5.41, 5.74) is 0.885. The first-order chi connectivity index (χ1) is 8.09. The third-order valence-corrected chi connectivity index (χ3v) is 4.49. The molecule has 1 aromatic carbocycles. The monoisotopic (exact) mass is 252 g/mol. The average Bonchev–Trinajstić information content (AvgIpc) is 2.26. The summed E-state index contributed by atoms with van der Waals surface area (Å²) < 4.78 is 25.3. The molecular weight excluding hydrogens is 236 g/mol. The van der Waals surface area contributed by atoms with Crippen LogP contribution in [0.3, 0.4) is 0 Å². The number of nitrogens with one attached hydrogen (secondary N) is 1. The van der Waals surface area contributed by atoms with Gasteiger partial charge in [-0.2, -0.15) is 4.31 Å². The highest BCUT2D eigenvalue weighted by atomic mass is 32.2. The van der Waals surface area contributed by atoms with Crippen molar-refractivity contribution < 1.29 is 8.42 Å². The van der Waals surface area contributed by atoms with Crippen LogP contribution in [0.5, 0.6) is 0 Å². The van der Waals surface area contributed by atoms with Crippen LogP contribution in [-0.2, 0) is 10.0 Å². The van der Waals surface area contributed by atoms with E-state index in [0.717, 1.165) is 18.7 Å². The smallest absolute Gasteiger partial charge is 0.236 e. The Bertz CT molecular complexity index is 492. The van der Waals surface area contributed by atoms with Crippen molar-refractivity contribution in [1.29, 1.82) is 0 Å². The minimum atomic E-state index is -3.31. The number of nitrogens with zero attached hydrogens (tertiary/aromatic N) is 1. The minimum absolute atomic E-state index is 0.0837. The quantitative estimate of drug-likeness (QED) is 0.866. The summed E-state index contributed by atoms with van der Waals surface area (Å²) in [6, 6.07) is 9.49. The van der Waals surface area contributed by atoms with Crippen LogP contribution in [0.25, 0.3) is 6.08 Å². The topological polar surface area (TPSA) is 49.4 Å². The molecule has 1 aliphatic rings. The van der Waals surface area contributed by atoms with E-state index in [1.165, 1.54) is 9.71 Å². The van der Waals surface area contributed by atoms with Crippen molar-refractivity contribution in [3.63, 3.8) is 0 Å². The van der Waals surface area contributed by atoms with E-state index in [0.29, 0.717) is 0 Å². The molecule has 1 heterocycles. The zero-order chi connectivity index (χ0) is 12.3. The molecule has 0 radical (unpaired) electrons. The predicted molar refractivity (Wildman–Crippen MR) is 68.8 cm³/mol. The van der Waals surface area contributed by atoms with Crippen LogP contribution in [0.2, 0.25) is 0 Å². The Kier molecular flexibility index (Phi) is 3.61. The number of rotatable bonds is 4. The van der Waals surface area contributed by atoms with E-state index >= 15 is 0 Å². The molecule has 1 aliphatic heterocycles. The second kappa shape index (κ2) is 5.00. The van der Waals surface area contributed by atoms with Crippen molar-refractivity contribution in [3.05, 3.63) is 41.3 Å². The number of benzene rings is 1. The van der Waals surface area contributed by atoms with Crippen LogP contribution in [0, 0.1) is 0 Å². The van der Waals surface area contributed by atoms with E-state index < -0.39 is 10.0 Å². The molecule has 0 aliphatic carbocycles. The molecule has 1 fully saturated rings. The SMILES string of the molecule is CN(C1CNC1)S(=O)(=O)C=Cc1ccccc1. The molecule has 0 amide bonds. The summed E-state index contributed by atoms with van der Waals surface area (Å²) in [4.78, 5) is 0. The molecule has 92 valence electrons. The van der Waals surface area contributed by atoms with Gasteiger partial charge in [-0.05, 0) is 11.6 Å². The Labute approximate surface area is 102 Å². The van der Waals surface area contributed by atoms with Crippen molar-refractivity contribution in [2.75, 3.05) is 20.1 Å². The molecule has 1 N–H and O–H groups in total. The highest BCUT2D eigenvalue weighted by Crippen LogP contribution is 2.11. The van der Waals surface area contributed by atoms with Crippen LogP contribution >= 0.6 is 0 Å². The van der Waals surface area contributed by atoms with Crippen LogP contribution in [0.4, 0.5) is 0 Å². The summed E-state index contributed by atoms with van der Waals surface area (Å²) in [5, 5.41) is 4.32. The van der Waals surface area contributed by atoms with Crippen LogP contribution in [0.15, 0.2) is 35.7 Å². The summed E-state index contributed by atoms with van der Waals surface area (Å²) in [6.45, 7) is 1.46. The van der Waals surface area contributed by atoms with Gasteiger partial charge in [0.1, 0.15) is 0 Å². The molecule has 0 saturated carbocycles. The molecule has 0 atom stereocenters. The first-order valence-electron chi connectivity index (χ1n) is 5.51. The second-order valence-electron chi connectivity index (χ2n) is 4.09. The van der Waals surface area contributed by atoms with Gasteiger partial charge in [-0.15, -0.1) is 0 Å². The van der Waals surface area contributed by atoms with Gasteiger partial charge in [0.15, 0.2) is 0 Å². The standard InChI is InChI=1S/C12H16N2O2S/c1-14(12-9-13-10-12)17(15,16)8-7-11-5-3-2-4-6-11/h2-8,12-13H,9-10H2,1H3. The second-order valence-corrected chi connectivity index (χ2v) is 5.96. The van der Waals surface area contributed by atoms with Gasteiger partial charge in [0.25, 0.3) is 0 Å². The molecule has 1 saturated heterocycles. The third kappa shape index (κ3) is 2.94. The maximum Gasteiger partial charge on any atom is 0.236 e. The molecular formula is C12H16N2O2S. The first-order valence-corrected chi connectivity index (χ1v) is 7.02. The van der Waals surface area contributed by atoms with Crippen molar-refractivity contribution in [3.8, 4) is 0 Å². The number of hydrogen-bond donors (Lipinski definition) is 1. The molecule has 2 rings (SSSR count). The van der Waals surface area contributed by atoms with Gasteiger partial charge in [-0.3, -0.25) is 0 Å². The van der Waals surface area contributed by atoms with Gasteiger partial charge in [0, 0.05) is 31.6 Å². The van der Waals surface area contributed by atoms with Crippen LogP contribution < -0.4 is 5.32 Å². The van der Waals surface area contributed by atoms with Gasteiger partial charge >= 0.3 is 0 Å². The molecule has 1 aromatic rings. The van der Waals surface area contributed by atoms with Gasteiger partial charge in [0.05, 0.1) is 0 Å². The zero-order valence-corrected chi connectivity index (χ0v) is 10.5. The van der Waals surface area contributed by atoms with Crippen molar-refractivity contribution in [2.45, 2.75) is 6.04 Å². The molecule has 4 nitrogen and oxygen atoms in total. The fraction of sp³-hybridized carbons (Fsp3) is 0.333. The molecule has 17 heavy (non-hydrogen) atoms. The van der Waals surface area contributed by atoms with Crippen molar-refractivity contribution in [2.24, 2.45) is 0 Å². The minimum Gasteiger partial charge on any atom is -0.313 e. The molecule has 0 aromatic heterocycles. The van der Waals surface area contributed by atoms with E-state index in [1.807, 2.05) is 30.3 Å². The zero-order valence-electron chi connectivity index (χ0n) is 9.70. The average molecular weight is 252 g/mol. The van der Waals surface area contributed by atoms with E-state index in [-0.39, 0.29) is 6.04 Å². The summed E-state index contributed by atoms with van der Waals surface area (Å²) >= 11 is 0. The number of sulfonamides is 1. The lowest BCUT2D eigenvalue weighted by atomic mass is 10.2. The Morgan fingerprint density at radius 3 is 2.47 bits per heavy atom. The lowest BCUT2D eigenvalue weighted by Crippen LogP contribution is -2.56. The maximum absolute atomic E-state index is 11.9. The fourth-order valence-corrected chi connectivity index (χ4v) is 2.65. The Hall–Kier alpha value is -1.17. The van der Waals surface area contributed by atoms with Crippen molar-refractivity contribution in [1.82, 2.24) is 9.62 Å². The molecule has 0 unspecified atom stereocenters. The Morgan fingerprint density at radius 1 is 1.29 bits per heavy atom. The number of hydrogen-bond acceptors (Lipinski definition) is 3. The molecule has 0 bridgehead atoms. The lowest BCUT2D eigenvalue weighted by Gasteiger charge is -2.33. The Balaban J connectivity index is 2.09. The predicted octanol–water partition coefficient (Wildman–Crippen LogP) is 0.891. The van der Waals surface area contributed by atoms with E-state index in [1.54, 1.807) is 13.1 Å². The molecule has 0 spiro atoms. The first kappa shape index (κ1) is 12.3. The fourth-order valence-electron chi connectivity index (χ4n) is 1.56.